The third-order valence-electron chi connectivity index (χ3n) is 6.82. The van der Waals surface area contributed by atoms with E-state index in [9.17, 15) is 23.7 Å². The van der Waals surface area contributed by atoms with Crippen molar-refractivity contribution >= 4 is 23.3 Å². The fourth-order valence-corrected chi connectivity index (χ4v) is 5.94. The lowest BCUT2D eigenvalue weighted by Crippen LogP contribution is -2.46. The molecule has 1 aliphatic carbocycles. The standard InChI is InChI=1S/C26H27F2N5O4S/c27-19-13-20(28)15-21(14-19)32-26(34)25(37-22-6-2-3-7-22)24(16-29-32)30-9-11-31(12-10-30)38-17-18-5-1-4-8-23(18)33(35)36/h1,4-5,8,13-16,22H,2-3,6-7,9-12,17H2/p+1. The van der Waals surface area contributed by atoms with Crippen LogP contribution in [0.1, 0.15) is 31.2 Å². The molecule has 38 heavy (non-hydrogen) atoms. The Morgan fingerprint density at radius 3 is 2.42 bits per heavy atom. The number of benzene rings is 2. The van der Waals surface area contributed by atoms with Crippen molar-refractivity contribution in [3.8, 4) is 11.4 Å². The van der Waals surface area contributed by atoms with E-state index >= 15 is 0 Å². The molecule has 0 radical (unpaired) electrons. The van der Waals surface area contributed by atoms with Gasteiger partial charge in [-0.05, 0) is 43.9 Å². The molecule has 2 heterocycles. The van der Waals surface area contributed by atoms with Gasteiger partial charge < -0.3 is 9.64 Å². The second-order valence-corrected chi connectivity index (χ2v) is 10.5. The monoisotopic (exact) mass is 544 g/mol. The molecule has 0 unspecified atom stereocenters. The maximum absolute atomic E-state index is 13.9. The summed E-state index contributed by atoms with van der Waals surface area (Å²) in [5.41, 5.74) is 0.808. The Labute approximate surface area is 222 Å². The zero-order chi connectivity index (χ0) is 26.6. The number of rotatable bonds is 8. The first-order valence-electron chi connectivity index (χ1n) is 12.5. The average molecular weight is 545 g/mol. The molecule has 2 aromatic carbocycles. The molecule has 1 aromatic heterocycles. The number of nitro benzene ring substituents is 1. The number of hydrogen-bond acceptors (Lipinski definition) is 7. The van der Waals surface area contributed by atoms with Crippen molar-refractivity contribution in [2.24, 2.45) is 0 Å². The molecule has 1 aliphatic heterocycles. The highest BCUT2D eigenvalue weighted by Crippen LogP contribution is 2.30. The number of ether oxygens (including phenoxy) is 1. The van der Waals surface area contributed by atoms with Crippen LogP contribution in [0.5, 0.6) is 5.75 Å². The summed E-state index contributed by atoms with van der Waals surface area (Å²) in [7, 11) is 0. The summed E-state index contributed by atoms with van der Waals surface area (Å²) in [6.45, 7) is 2.57. The van der Waals surface area contributed by atoms with E-state index in [0.717, 1.165) is 60.5 Å². The molecule has 2 aliphatic rings. The van der Waals surface area contributed by atoms with Gasteiger partial charge in [0.15, 0.2) is 5.75 Å². The number of nitrogens with zero attached hydrogens (tertiary/aromatic N) is 5. The Hall–Kier alpha value is -3.51. The molecule has 0 spiro atoms. The lowest BCUT2D eigenvalue weighted by molar-refractivity contribution is -0.385. The highest BCUT2D eigenvalue weighted by atomic mass is 32.2. The number of anilines is 1. The molecule has 200 valence electrons. The van der Waals surface area contributed by atoms with Gasteiger partial charge in [0.1, 0.15) is 17.3 Å². The fourth-order valence-electron chi connectivity index (χ4n) is 4.86. The smallest absolute Gasteiger partial charge is 0.316 e. The summed E-state index contributed by atoms with van der Waals surface area (Å²) in [5.74, 6) is -0.920. The van der Waals surface area contributed by atoms with Crippen molar-refractivity contribution in [1.82, 2.24) is 14.1 Å². The number of nitro groups is 1. The second-order valence-electron chi connectivity index (χ2n) is 9.35. The summed E-state index contributed by atoms with van der Waals surface area (Å²) >= 11 is 0.962. The van der Waals surface area contributed by atoms with Crippen LogP contribution in [0.2, 0.25) is 0 Å². The first-order chi connectivity index (χ1) is 18.4. The number of thiol groups is 1. The van der Waals surface area contributed by atoms with Gasteiger partial charge in [-0.2, -0.15) is 9.78 Å². The van der Waals surface area contributed by atoms with E-state index in [1.54, 1.807) is 18.2 Å². The van der Waals surface area contributed by atoms with Gasteiger partial charge in [0.25, 0.3) is 5.69 Å². The Bertz CT molecular complexity index is 1350. The van der Waals surface area contributed by atoms with Crippen molar-refractivity contribution in [3.63, 3.8) is 0 Å². The van der Waals surface area contributed by atoms with Crippen molar-refractivity contribution in [3.05, 3.63) is 86.3 Å². The maximum atomic E-state index is 13.9. The third-order valence-corrected chi connectivity index (χ3v) is 8.10. The quantitative estimate of drug-likeness (QED) is 0.184. The first kappa shape index (κ1) is 26.1. The minimum atomic E-state index is -0.799. The molecule has 9 nitrogen and oxygen atoms in total. The van der Waals surface area contributed by atoms with Crippen LogP contribution >= 0.6 is 0 Å². The van der Waals surface area contributed by atoms with Crippen molar-refractivity contribution in [1.29, 1.82) is 0 Å². The number of halogens is 2. The fraction of sp³-hybridized carbons (Fsp3) is 0.385. The van der Waals surface area contributed by atoms with Gasteiger partial charge >= 0.3 is 5.56 Å². The maximum Gasteiger partial charge on any atom is 0.316 e. The summed E-state index contributed by atoms with van der Waals surface area (Å²) in [5, 5.41) is 15.5. The Morgan fingerprint density at radius 1 is 1.05 bits per heavy atom. The molecular weight excluding hydrogens is 516 g/mol. The Balaban J connectivity index is 1.34. The summed E-state index contributed by atoms with van der Waals surface area (Å²) in [6, 6.07) is 9.62. The number of hydrogen-bond donors (Lipinski definition) is 0. The lowest BCUT2D eigenvalue weighted by atomic mass is 10.2. The molecule has 0 amide bonds. The van der Waals surface area contributed by atoms with Crippen LogP contribution in [0.15, 0.2) is 53.5 Å². The zero-order valence-corrected chi connectivity index (χ0v) is 21.5. The predicted octanol–water partition coefficient (Wildman–Crippen LogP) is 3.79. The van der Waals surface area contributed by atoms with Crippen molar-refractivity contribution < 1.29 is 18.4 Å². The van der Waals surface area contributed by atoms with E-state index in [2.05, 4.69) is 9.40 Å². The molecule has 0 atom stereocenters. The third kappa shape index (κ3) is 5.81. The topological polar surface area (TPSA) is 93.7 Å². The molecule has 0 bridgehead atoms. The number of para-hydroxylation sites is 1. The molecular formula is C26H28F2N5O4S+. The number of aromatic nitrogens is 2. The van der Waals surface area contributed by atoms with Crippen molar-refractivity contribution in [2.45, 2.75) is 37.5 Å². The molecule has 5 rings (SSSR count). The van der Waals surface area contributed by atoms with Gasteiger partial charge in [-0.3, -0.25) is 14.9 Å². The minimum Gasteiger partial charge on any atom is -0.483 e. The van der Waals surface area contributed by atoms with E-state index in [1.165, 1.54) is 12.3 Å². The van der Waals surface area contributed by atoms with E-state index in [0.29, 0.717) is 43.2 Å². The van der Waals surface area contributed by atoms with Crippen LogP contribution in [0.3, 0.4) is 0 Å². The molecule has 1 saturated heterocycles. The van der Waals surface area contributed by atoms with Crippen LogP contribution in [-0.4, -0.2) is 51.3 Å². The minimum absolute atomic E-state index is 0.00560. The average Bonchev–Trinajstić information content (AvgIpc) is 3.42. The summed E-state index contributed by atoms with van der Waals surface area (Å²) in [4.78, 5) is 26.5. The SMILES string of the molecule is O=c1c(OC2CCCC2)c(N2CCN([SH+]Cc3ccccc3[N+](=O)[O-])CC2)cnn1-c1cc(F)cc(F)c1. The van der Waals surface area contributed by atoms with Gasteiger partial charge in [-0.15, -0.1) is 4.31 Å². The van der Waals surface area contributed by atoms with E-state index in [1.807, 2.05) is 4.90 Å². The van der Waals surface area contributed by atoms with Crippen LogP contribution in [-0.2, 0) is 17.7 Å². The van der Waals surface area contributed by atoms with Crippen LogP contribution in [0.4, 0.5) is 20.2 Å². The molecule has 3 aromatic rings. The summed E-state index contributed by atoms with van der Waals surface area (Å²) in [6.07, 6.45) is 5.15. The molecule has 1 saturated carbocycles. The highest BCUT2D eigenvalue weighted by Gasteiger charge is 2.29. The first-order valence-corrected chi connectivity index (χ1v) is 13.6. The van der Waals surface area contributed by atoms with Gasteiger partial charge in [-0.25, -0.2) is 8.78 Å². The predicted molar refractivity (Wildman–Crippen MR) is 142 cm³/mol. The number of piperazine rings is 1. The molecule has 0 N–H and O–H groups in total. The molecule has 2 fully saturated rings. The van der Waals surface area contributed by atoms with E-state index in [-0.39, 0.29) is 28.2 Å². The van der Waals surface area contributed by atoms with Gasteiger partial charge in [0, 0.05) is 25.2 Å². The van der Waals surface area contributed by atoms with Crippen LogP contribution in [0.25, 0.3) is 5.69 Å². The molecule has 12 heteroatoms. The Morgan fingerprint density at radius 2 is 1.74 bits per heavy atom. The Kier molecular flexibility index (Phi) is 7.89. The zero-order valence-electron chi connectivity index (χ0n) is 20.6. The largest absolute Gasteiger partial charge is 0.483 e. The lowest BCUT2D eigenvalue weighted by Gasteiger charge is -2.33. The van der Waals surface area contributed by atoms with Crippen molar-refractivity contribution in [2.75, 3.05) is 31.1 Å². The second kappa shape index (κ2) is 11.5. The van der Waals surface area contributed by atoms with E-state index < -0.39 is 17.2 Å². The van der Waals surface area contributed by atoms with E-state index in [4.69, 9.17) is 4.74 Å². The van der Waals surface area contributed by atoms with Gasteiger partial charge in [0.05, 0.1) is 53.5 Å². The normalized spacial score (nSPS) is 16.6. The highest BCUT2D eigenvalue weighted by molar-refractivity contribution is 7.75. The van der Waals surface area contributed by atoms with Crippen LogP contribution in [0, 0.1) is 21.7 Å². The van der Waals surface area contributed by atoms with Gasteiger partial charge in [0.2, 0.25) is 5.75 Å². The van der Waals surface area contributed by atoms with Crippen LogP contribution < -0.4 is 15.2 Å². The van der Waals surface area contributed by atoms with Gasteiger partial charge in [-0.1, -0.05) is 12.1 Å². The summed E-state index contributed by atoms with van der Waals surface area (Å²) < 4.78 is 37.1.